The molecule has 1 aromatic carbocycles. The van der Waals surface area contributed by atoms with Crippen molar-refractivity contribution in [1.82, 2.24) is 0 Å². The number of nitrogens with one attached hydrogen (secondary N) is 1. The lowest BCUT2D eigenvalue weighted by atomic mass is 10.0. The minimum Gasteiger partial charge on any atom is -0.507 e. The Morgan fingerprint density at radius 2 is 2.00 bits per heavy atom. The Bertz CT molecular complexity index is 466. The molecule has 0 amide bonds. The largest absolute Gasteiger partial charge is 0.507 e. The Hall–Kier alpha value is -0.770. The molecule has 0 bridgehead atoms. The average Bonchev–Trinajstić information content (AvgIpc) is 2.20. The van der Waals surface area contributed by atoms with Crippen LogP contribution in [0.1, 0.15) is 22.3 Å². The van der Waals surface area contributed by atoms with E-state index in [-0.39, 0.29) is 23.4 Å². The monoisotopic (exact) mass is 293 g/mol. The molecule has 92 valence electrons. The predicted molar refractivity (Wildman–Crippen MR) is 69.8 cm³/mol. The number of benzene rings is 1. The molecule has 0 fully saturated rings. The van der Waals surface area contributed by atoms with Crippen LogP contribution >= 0.6 is 34.8 Å². The maximum atomic E-state index is 11.8. The Morgan fingerprint density at radius 1 is 1.41 bits per heavy atom. The van der Waals surface area contributed by atoms with Crippen molar-refractivity contribution >= 4 is 46.3 Å². The molecule has 17 heavy (non-hydrogen) atoms. The second-order valence-corrected chi connectivity index (χ2v) is 5.88. The van der Waals surface area contributed by atoms with Crippen LogP contribution in [0.3, 0.4) is 0 Å². The van der Waals surface area contributed by atoms with Crippen molar-refractivity contribution in [1.29, 1.82) is 5.41 Å². The summed E-state index contributed by atoms with van der Waals surface area (Å²) in [5, 5.41) is 17.0. The van der Waals surface area contributed by atoms with E-state index in [0.717, 1.165) is 5.56 Å². The highest BCUT2D eigenvalue weighted by Crippen LogP contribution is 2.30. The van der Waals surface area contributed by atoms with Crippen LogP contribution in [0.15, 0.2) is 18.2 Å². The molecule has 0 radical (unpaired) electrons. The number of hydrogen-bond acceptors (Lipinski definition) is 3. The minimum atomic E-state index is -1.89. The van der Waals surface area contributed by atoms with Gasteiger partial charge in [-0.2, -0.15) is 0 Å². The second kappa shape index (κ2) is 5.25. The number of ketones is 1. The Balaban J connectivity index is 2.91. The normalized spacial score (nSPS) is 11.3. The number of rotatable bonds is 3. The average molecular weight is 295 g/mol. The molecule has 0 unspecified atom stereocenters. The van der Waals surface area contributed by atoms with E-state index in [1.54, 1.807) is 13.0 Å². The van der Waals surface area contributed by atoms with Crippen molar-refractivity contribution in [3.05, 3.63) is 29.3 Å². The van der Waals surface area contributed by atoms with E-state index in [2.05, 4.69) is 0 Å². The van der Waals surface area contributed by atoms with Gasteiger partial charge in [0.15, 0.2) is 5.78 Å². The number of phenols is 1. The predicted octanol–water partition coefficient (Wildman–Crippen LogP) is 3.66. The van der Waals surface area contributed by atoms with Gasteiger partial charge in [0.05, 0.1) is 17.7 Å². The summed E-state index contributed by atoms with van der Waals surface area (Å²) in [6.45, 7) is 1.79. The van der Waals surface area contributed by atoms with Gasteiger partial charge in [-0.05, 0) is 19.1 Å². The zero-order valence-corrected chi connectivity index (χ0v) is 11.2. The standard InChI is InChI=1S/C11H10Cl3NO2/c1-6-2-3-8(16)7(4-6)9(17)5-10(15)11(12,13)14/h2-4,15-16H,5H2,1H3. The van der Waals surface area contributed by atoms with Gasteiger partial charge < -0.3 is 10.5 Å². The van der Waals surface area contributed by atoms with Crippen molar-refractivity contribution in [2.75, 3.05) is 0 Å². The van der Waals surface area contributed by atoms with Gasteiger partial charge in [0.2, 0.25) is 3.79 Å². The molecule has 0 saturated heterocycles. The Morgan fingerprint density at radius 3 is 2.53 bits per heavy atom. The molecule has 0 atom stereocenters. The van der Waals surface area contributed by atoms with E-state index in [0.29, 0.717) is 0 Å². The van der Waals surface area contributed by atoms with E-state index < -0.39 is 9.58 Å². The van der Waals surface area contributed by atoms with Gasteiger partial charge in [0.1, 0.15) is 5.75 Å². The van der Waals surface area contributed by atoms with Crippen LogP contribution in [0.4, 0.5) is 0 Å². The summed E-state index contributed by atoms with van der Waals surface area (Å²) in [7, 11) is 0. The van der Waals surface area contributed by atoms with Gasteiger partial charge in [-0.3, -0.25) is 4.79 Å². The fourth-order valence-electron chi connectivity index (χ4n) is 1.23. The number of aromatic hydroxyl groups is 1. The van der Waals surface area contributed by atoms with Gasteiger partial charge in [-0.1, -0.05) is 46.4 Å². The Kier molecular flexibility index (Phi) is 4.42. The molecule has 0 aliphatic rings. The highest BCUT2D eigenvalue weighted by atomic mass is 35.6. The molecular formula is C11H10Cl3NO2. The Labute approximate surface area is 114 Å². The lowest BCUT2D eigenvalue weighted by Crippen LogP contribution is -2.21. The summed E-state index contributed by atoms with van der Waals surface area (Å²) < 4.78 is -1.89. The minimum absolute atomic E-state index is 0.129. The van der Waals surface area contributed by atoms with E-state index in [4.69, 9.17) is 40.2 Å². The first-order valence-electron chi connectivity index (χ1n) is 4.69. The van der Waals surface area contributed by atoms with Crippen LogP contribution in [0, 0.1) is 12.3 Å². The number of hydrogen-bond donors (Lipinski definition) is 2. The zero-order valence-electron chi connectivity index (χ0n) is 8.93. The number of alkyl halides is 3. The third-order valence-corrected chi connectivity index (χ3v) is 2.82. The third kappa shape index (κ3) is 3.87. The number of halogens is 3. The molecule has 0 saturated carbocycles. The summed E-state index contributed by atoms with van der Waals surface area (Å²) in [5.74, 6) is -0.597. The summed E-state index contributed by atoms with van der Waals surface area (Å²) in [6.07, 6.45) is -0.340. The highest BCUT2D eigenvalue weighted by molar-refractivity contribution is 6.77. The summed E-state index contributed by atoms with van der Waals surface area (Å²) in [5.41, 5.74) is 0.629. The van der Waals surface area contributed by atoms with Gasteiger partial charge >= 0.3 is 0 Å². The van der Waals surface area contributed by atoms with Crippen LogP contribution in [-0.2, 0) is 0 Å². The summed E-state index contributed by atoms with van der Waals surface area (Å²) in [6, 6.07) is 4.62. The number of aryl methyl sites for hydroxylation is 1. The molecule has 0 aliphatic heterocycles. The van der Waals surface area contributed by atoms with Crippen molar-refractivity contribution < 1.29 is 9.90 Å². The fourth-order valence-corrected chi connectivity index (χ4v) is 1.43. The van der Waals surface area contributed by atoms with Gasteiger partial charge in [0, 0.05) is 0 Å². The highest BCUT2D eigenvalue weighted by Gasteiger charge is 2.28. The molecule has 0 aliphatic carbocycles. The van der Waals surface area contributed by atoms with Crippen molar-refractivity contribution in [2.24, 2.45) is 0 Å². The number of phenolic OH excluding ortho intramolecular Hbond substituents is 1. The van der Waals surface area contributed by atoms with Crippen LogP contribution in [0.25, 0.3) is 0 Å². The quantitative estimate of drug-likeness (QED) is 0.507. The van der Waals surface area contributed by atoms with Crippen molar-refractivity contribution in [2.45, 2.75) is 17.1 Å². The molecule has 0 heterocycles. The summed E-state index contributed by atoms with van der Waals surface area (Å²) >= 11 is 16.4. The molecule has 0 aromatic heterocycles. The number of Topliss-reactive ketones (excluding diaryl/α,β-unsaturated/α-hetero) is 1. The zero-order chi connectivity index (χ0) is 13.2. The van der Waals surface area contributed by atoms with Gasteiger partial charge in [-0.25, -0.2) is 0 Å². The molecule has 3 nitrogen and oxygen atoms in total. The SMILES string of the molecule is Cc1ccc(O)c(C(=O)CC(=N)C(Cl)(Cl)Cl)c1. The van der Waals surface area contributed by atoms with E-state index in [1.165, 1.54) is 12.1 Å². The van der Waals surface area contributed by atoms with Crippen LogP contribution in [0.5, 0.6) is 5.75 Å². The van der Waals surface area contributed by atoms with Crippen LogP contribution in [-0.4, -0.2) is 20.4 Å². The molecule has 2 N–H and O–H groups in total. The van der Waals surface area contributed by atoms with Crippen molar-refractivity contribution in [3.8, 4) is 5.75 Å². The number of carbonyl (C=O) groups is 1. The molecule has 1 aromatic rings. The van der Waals surface area contributed by atoms with E-state index in [1.807, 2.05) is 0 Å². The topological polar surface area (TPSA) is 61.1 Å². The molecule has 6 heteroatoms. The molecule has 0 spiro atoms. The first-order chi connectivity index (χ1) is 7.71. The lowest BCUT2D eigenvalue weighted by molar-refractivity contribution is 0.0997. The first kappa shape index (κ1) is 14.3. The van der Waals surface area contributed by atoms with Crippen LogP contribution < -0.4 is 0 Å². The lowest BCUT2D eigenvalue weighted by Gasteiger charge is -2.12. The van der Waals surface area contributed by atoms with Crippen molar-refractivity contribution in [3.63, 3.8) is 0 Å². The van der Waals surface area contributed by atoms with Crippen LogP contribution in [0.2, 0.25) is 0 Å². The van der Waals surface area contributed by atoms with Gasteiger partial charge in [0.25, 0.3) is 0 Å². The molecular weight excluding hydrogens is 284 g/mol. The molecule has 1 rings (SSSR count). The third-order valence-electron chi connectivity index (χ3n) is 2.13. The van der Waals surface area contributed by atoms with Gasteiger partial charge in [-0.15, -0.1) is 0 Å². The second-order valence-electron chi connectivity index (χ2n) is 3.60. The first-order valence-corrected chi connectivity index (χ1v) is 5.82. The van der Waals surface area contributed by atoms with E-state index in [9.17, 15) is 9.90 Å². The maximum Gasteiger partial charge on any atom is 0.228 e. The smallest absolute Gasteiger partial charge is 0.228 e. The number of carbonyl (C=O) groups excluding carboxylic acids is 1. The maximum absolute atomic E-state index is 11.8. The summed E-state index contributed by atoms with van der Waals surface area (Å²) in [4.78, 5) is 11.8. The fraction of sp³-hybridized carbons (Fsp3) is 0.273. The van der Waals surface area contributed by atoms with E-state index >= 15 is 0 Å².